The van der Waals surface area contributed by atoms with Crippen LogP contribution in [0.2, 0.25) is 0 Å². The van der Waals surface area contributed by atoms with Crippen LogP contribution in [-0.2, 0) is 0 Å². The number of nitrogens with zero attached hydrogens (tertiary/aromatic N) is 2. The predicted octanol–water partition coefficient (Wildman–Crippen LogP) is 1.30. The topological polar surface area (TPSA) is 124 Å². The van der Waals surface area contributed by atoms with Crippen LogP contribution >= 0.6 is 0 Å². The summed E-state index contributed by atoms with van der Waals surface area (Å²) in [6, 6.07) is -0.0651. The van der Waals surface area contributed by atoms with Gasteiger partial charge in [-0.3, -0.25) is 4.79 Å². The average molecular weight is 376 g/mol. The molecular weight excluding hydrogens is 355 g/mol. The highest BCUT2D eigenvalue weighted by molar-refractivity contribution is 6.03. The number of hydrogen-bond donors (Lipinski definition) is 3. The number of methoxy groups -OCH3 is 1. The van der Waals surface area contributed by atoms with Gasteiger partial charge in [0.25, 0.3) is 0 Å². The third kappa shape index (κ3) is 2.61. The summed E-state index contributed by atoms with van der Waals surface area (Å²) in [5.41, 5.74) is 10.9. The normalized spacial score (nSPS) is 19.7. The fourth-order valence-corrected chi connectivity index (χ4v) is 3.82. The molecule has 0 spiro atoms. The molecule has 0 radical (unpaired) electrons. The molecule has 1 aliphatic carbocycles. The molecule has 1 aliphatic heterocycles. The van der Waals surface area contributed by atoms with Crippen LogP contribution in [0.15, 0.2) is 11.0 Å². The average Bonchev–Trinajstić information content (AvgIpc) is 3.38. The van der Waals surface area contributed by atoms with Crippen molar-refractivity contribution in [1.82, 2.24) is 4.57 Å². The zero-order valence-electron chi connectivity index (χ0n) is 14.9. The van der Waals surface area contributed by atoms with Gasteiger partial charge >= 0.3 is 5.97 Å². The molecule has 2 aliphatic rings. The Morgan fingerprint density at radius 3 is 2.59 bits per heavy atom. The van der Waals surface area contributed by atoms with Gasteiger partial charge in [0.15, 0.2) is 11.6 Å². The van der Waals surface area contributed by atoms with Crippen LogP contribution in [0.5, 0.6) is 5.75 Å². The Kier molecular flexibility index (Phi) is 3.99. The lowest BCUT2D eigenvalue weighted by atomic mass is 10.1. The van der Waals surface area contributed by atoms with Gasteiger partial charge in [-0.05, 0) is 19.3 Å². The van der Waals surface area contributed by atoms with E-state index in [4.69, 9.17) is 16.2 Å². The predicted molar refractivity (Wildman–Crippen MR) is 99.2 cm³/mol. The summed E-state index contributed by atoms with van der Waals surface area (Å²) in [5.74, 6) is -1.97. The number of carbonyl (C=O) groups is 1. The number of halogens is 1. The molecule has 2 aromatic rings. The molecule has 5 N–H and O–H groups in total. The zero-order chi connectivity index (χ0) is 19.5. The molecule has 9 heteroatoms. The van der Waals surface area contributed by atoms with Gasteiger partial charge in [0.2, 0.25) is 5.43 Å². The van der Waals surface area contributed by atoms with Crippen molar-refractivity contribution in [1.29, 1.82) is 0 Å². The van der Waals surface area contributed by atoms with E-state index in [0.717, 1.165) is 12.8 Å². The lowest BCUT2D eigenvalue weighted by molar-refractivity contribution is 0.0695. The van der Waals surface area contributed by atoms with E-state index in [2.05, 4.69) is 0 Å². The number of fused-ring (bicyclic) bond motifs is 1. The van der Waals surface area contributed by atoms with Crippen LogP contribution < -0.4 is 26.5 Å². The van der Waals surface area contributed by atoms with Crippen molar-refractivity contribution < 1.29 is 19.0 Å². The number of aromatic carboxylic acids is 1. The van der Waals surface area contributed by atoms with Gasteiger partial charge in [0, 0.05) is 31.4 Å². The summed E-state index contributed by atoms with van der Waals surface area (Å²) in [5, 5.41) is 9.24. The SMILES string of the molecule is COc1c(N2CC[C@H](N)C2)c(F)c(N)c2c(=O)c(C(=O)O)cn(C3CC3)c12. The zero-order valence-corrected chi connectivity index (χ0v) is 14.9. The summed E-state index contributed by atoms with van der Waals surface area (Å²) in [6.07, 6.45) is 3.68. The Morgan fingerprint density at radius 1 is 1.37 bits per heavy atom. The Morgan fingerprint density at radius 2 is 2.07 bits per heavy atom. The van der Waals surface area contributed by atoms with Gasteiger partial charge in [-0.15, -0.1) is 0 Å². The minimum atomic E-state index is -1.37. The lowest BCUT2D eigenvalue weighted by Crippen LogP contribution is -2.28. The molecule has 1 aromatic carbocycles. The van der Waals surface area contributed by atoms with Crippen molar-refractivity contribution in [2.75, 3.05) is 30.8 Å². The first-order valence-corrected chi connectivity index (χ1v) is 8.82. The molecule has 1 saturated heterocycles. The summed E-state index contributed by atoms with van der Waals surface area (Å²) in [7, 11) is 1.40. The number of ether oxygens (including phenoxy) is 1. The standard InChI is InChI=1S/C18H21FN4O4/c1-27-17-14-11(13(21)12(19)15(17)22-5-4-8(20)6-22)16(24)10(18(25)26)7-23(14)9-2-3-9/h7-9H,2-6,20-21H2,1H3,(H,25,26)/t8-/m0/s1. The molecule has 0 unspecified atom stereocenters. The fourth-order valence-electron chi connectivity index (χ4n) is 3.82. The van der Waals surface area contributed by atoms with Gasteiger partial charge in [-0.2, -0.15) is 0 Å². The van der Waals surface area contributed by atoms with Crippen molar-refractivity contribution in [2.45, 2.75) is 31.3 Å². The Balaban J connectivity index is 2.13. The van der Waals surface area contributed by atoms with Crippen LogP contribution in [0.3, 0.4) is 0 Å². The Bertz CT molecular complexity index is 1020. The molecule has 27 heavy (non-hydrogen) atoms. The Labute approximate surface area is 154 Å². The van der Waals surface area contributed by atoms with Gasteiger partial charge in [-0.25, -0.2) is 9.18 Å². The lowest BCUT2D eigenvalue weighted by Gasteiger charge is -2.25. The molecule has 1 atom stereocenters. The highest BCUT2D eigenvalue weighted by Crippen LogP contribution is 2.46. The molecule has 1 aromatic heterocycles. The number of carboxylic acids is 1. The number of nitrogens with two attached hydrogens (primary N) is 2. The number of benzene rings is 1. The molecular formula is C18H21FN4O4. The second-order valence-electron chi connectivity index (χ2n) is 7.14. The number of rotatable bonds is 4. The van der Waals surface area contributed by atoms with Gasteiger partial charge in [0.05, 0.1) is 23.7 Å². The third-order valence-electron chi connectivity index (χ3n) is 5.29. The van der Waals surface area contributed by atoms with Gasteiger partial charge in [0.1, 0.15) is 11.3 Å². The molecule has 144 valence electrons. The van der Waals surface area contributed by atoms with E-state index in [9.17, 15) is 14.7 Å². The van der Waals surface area contributed by atoms with Gasteiger partial charge < -0.3 is 30.8 Å². The summed E-state index contributed by atoms with van der Waals surface area (Å²) in [6.45, 7) is 0.985. The smallest absolute Gasteiger partial charge is 0.341 e. The van der Waals surface area contributed by atoms with Crippen LogP contribution in [-0.4, -0.2) is 41.9 Å². The highest BCUT2D eigenvalue weighted by atomic mass is 19.1. The second-order valence-corrected chi connectivity index (χ2v) is 7.14. The first-order valence-electron chi connectivity index (χ1n) is 8.82. The Hall–Kier alpha value is -2.81. The van der Waals surface area contributed by atoms with E-state index in [1.807, 2.05) is 0 Å². The number of nitrogen functional groups attached to an aromatic ring is 1. The van der Waals surface area contributed by atoms with Crippen molar-refractivity contribution in [3.05, 3.63) is 27.8 Å². The molecule has 1 saturated carbocycles. The largest absolute Gasteiger partial charge is 0.492 e. The van der Waals surface area contributed by atoms with E-state index < -0.39 is 22.8 Å². The first kappa shape index (κ1) is 17.6. The van der Waals surface area contributed by atoms with E-state index >= 15 is 4.39 Å². The summed E-state index contributed by atoms with van der Waals surface area (Å²) < 4.78 is 22.5. The monoisotopic (exact) mass is 376 g/mol. The quantitative estimate of drug-likeness (QED) is 0.687. The number of carboxylic acid groups (broad SMARTS) is 1. The molecule has 4 rings (SSSR count). The van der Waals surface area contributed by atoms with E-state index in [0.29, 0.717) is 25.0 Å². The molecule has 0 amide bonds. The van der Waals surface area contributed by atoms with Crippen LogP contribution in [0.4, 0.5) is 15.8 Å². The van der Waals surface area contributed by atoms with Crippen LogP contribution in [0, 0.1) is 5.82 Å². The van der Waals surface area contributed by atoms with Gasteiger partial charge in [-0.1, -0.05) is 0 Å². The molecule has 2 fully saturated rings. The molecule has 0 bridgehead atoms. The maximum atomic E-state index is 15.2. The third-order valence-corrected chi connectivity index (χ3v) is 5.29. The highest BCUT2D eigenvalue weighted by Gasteiger charge is 2.34. The van der Waals surface area contributed by atoms with Crippen LogP contribution in [0.25, 0.3) is 10.9 Å². The number of hydrogen-bond acceptors (Lipinski definition) is 6. The number of aromatic nitrogens is 1. The minimum absolute atomic E-state index is 0.0265. The maximum Gasteiger partial charge on any atom is 0.341 e. The van der Waals surface area contributed by atoms with E-state index in [1.54, 1.807) is 9.47 Å². The van der Waals surface area contributed by atoms with E-state index in [-0.39, 0.29) is 34.6 Å². The maximum absolute atomic E-state index is 15.2. The van der Waals surface area contributed by atoms with Crippen molar-refractivity contribution >= 4 is 28.2 Å². The molecule has 8 nitrogen and oxygen atoms in total. The number of pyridine rings is 1. The number of anilines is 2. The fraction of sp³-hybridized carbons (Fsp3) is 0.444. The summed E-state index contributed by atoms with van der Waals surface area (Å²) in [4.78, 5) is 26.0. The molecule has 2 heterocycles. The second kappa shape index (κ2) is 6.12. The van der Waals surface area contributed by atoms with E-state index in [1.165, 1.54) is 13.3 Å². The minimum Gasteiger partial charge on any atom is -0.492 e. The van der Waals surface area contributed by atoms with Crippen molar-refractivity contribution in [3.63, 3.8) is 0 Å². The van der Waals surface area contributed by atoms with Crippen molar-refractivity contribution in [3.8, 4) is 5.75 Å². The van der Waals surface area contributed by atoms with Crippen molar-refractivity contribution in [2.24, 2.45) is 5.73 Å². The first-order chi connectivity index (χ1) is 12.8. The summed E-state index contributed by atoms with van der Waals surface area (Å²) >= 11 is 0. The van der Waals surface area contributed by atoms with Crippen LogP contribution in [0.1, 0.15) is 35.7 Å².